The van der Waals surface area contributed by atoms with Crippen LogP contribution in [0.5, 0.6) is 0 Å². The normalized spacial score (nSPS) is 19.7. The predicted molar refractivity (Wildman–Crippen MR) is 71.2 cm³/mol. The minimum atomic E-state index is -4.18. The quantitative estimate of drug-likeness (QED) is 0.900. The molecule has 1 heterocycles. The smallest absolute Gasteiger partial charge is 0.326 e. The molecule has 0 radical (unpaired) electrons. The van der Waals surface area contributed by atoms with Gasteiger partial charge in [0, 0.05) is 17.0 Å². The van der Waals surface area contributed by atoms with Crippen molar-refractivity contribution in [3.8, 4) is 0 Å². The molecule has 0 aliphatic heterocycles. The maximum Gasteiger partial charge on any atom is 0.401 e. The van der Waals surface area contributed by atoms with E-state index in [1.54, 1.807) is 11.8 Å². The van der Waals surface area contributed by atoms with Crippen molar-refractivity contribution in [2.45, 2.75) is 51.0 Å². The topological polar surface area (TPSA) is 29.3 Å². The van der Waals surface area contributed by atoms with Crippen LogP contribution in [-0.2, 0) is 0 Å². The first-order chi connectivity index (χ1) is 8.79. The number of aryl methyl sites for hydroxylation is 1. The minimum absolute atomic E-state index is 0.0270. The van der Waals surface area contributed by atoms with Crippen molar-refractivity contribution in [3.63, 3.8) is 0 Å². The van der Waals surface area contributed by atoms with Crippen molar-refractivity contribution in [2.75, 3.05) is 6.54 Å². The van der Waals surface area contributed by atoms with E-state index in [0.29, 0.717) is 0 Å². The average molecular weight is 292 g/mol. The zero-order valence-corrected chi connectivity index (χ0v) is 11.9. The Labute approximate surface area is 115 Å². The van der Waals surface area contributed by atoms with Crippen LogP contribution in [0.25, 0.3) is 0 Å². The first kappa shape index (κ1) is 14.8. The molecule has 1 aromatic heterocycles. The van der Waals surface area contributed by atoms with Crippen molar-refractivity contribution in [3.05, 3.63) is 21.9 Å². The van der Waals surface area contributed by atoms with Gasteiger partial charge >= 0.3 is 6.18 Å². The van der Waals surface area contributed by atoms with Crippen LogP contribution in [0.1, 0.15) is 36.2 Å². The van der Waals surface area contributed by atoms with Crippen molar-refractivity contribution in [1.82, 2.24) is 4.90 Å². The molecule has 1 saturated carbocycles. The number of rotatable bonds is 5. The van der Waals surface area contributed by atoms with E-state index < -0.39 is 12.7 Å². The van der Waals surface area contributed by atoms with Crippen molar-refractivity contribution >= 4 is 11.3 Å². The number of thiophene rings is 1. The lowest BCUT2D eigenvalue weighted by atomic mass is 10.0. The molecule has 1 aromatic rings. The van der Waals surface area contributed by atoms with E-state index in [4.69, 9.17) is 5.73 Å². The Balaban J connectivity index is 2.27. The zero-order chi connectivity index (χ0) is 14.2. The van der Waals surface area contributed by atoms with Crippen molar-refractivity contribution in [1.29, 1.82) is 0 Å². The number of nitrogens with zero attached hydrogens (tertiary/aromatic N) is 1. The molecule has 2 rings (SSSR count). The Kier molecular flexibility index (Phi) is 4.23. The molecule has 108 valence electrons. The van der Waals surface area contributed by atoms with Crippen LogP contribution in [0.3, 0.4) is 0 Å². The number of alkyl halides is 3. The molecule has 2 nitrogen and oxygen atoms in total. The Morgan fingerprint density at radius 2 is 2.11 bits per heavy atom. The van der Waals surface area contributed by atoms with Gasteiger partial charge in [0.15, 0.2) is 0 Å². The highest BCUT2D eigenvalue weighted by Crippen LogP contribution is 2.40. The second kappa shape index (κ2) is 5.42. The summed E-state index contributed by atoms with van der Waals surface area (Å²) >= 11 is 1.50. The van der Waals surface area contributed by atoms with Gasteiger partial charge in [-0.3, -0.25) is 4.90 Å². The molecule has 1 fully saturated rings. The molecule has 0 bridgehead atoms. The Morgan fingerprint density at radius 3 is 2.47 bits per heavy atom. The molecule has 0 aromatic carbocycles. The van der Waals surface area contributed by atoms with Crippen LogP contribution >= 0.6 is 11.3 Å². The predicted octanol–water partition coefficient (Wildman–Crippen LogP) is 3.47. The van der Waals surface area contributed by atoms with Crippen LogP contribution in [0.15, 0.2) is 11.4 Å². The molecule has 2 unspecified atom stereocenters. The number of hydrogen-bond donors (Lipinski definition) is 1. The van der Waals surface area contributed by atoms with Crippen LogP contribution in [0.4, 0.5) is 13.2 Å². The monoisotopic (exact) mass is 292 g/mol. The zero-order valence-electron chi connectivity index (χ0n) is 11.1. The molecule has 2 N–H and O–H groups in total. The summed E-state index contributed by atoms with van der Waals surface area (Å²) in [5.41, 5.74) is 7.01. The first-order valence-electron chi connectivity index (χ1n) is 6.41. The van der Waals surface area contributed by atoms with Gasteiger partial charge in [-0.15, -0.1) is 11.3 Å². The highest BCUT2D eigenvalue weighted by Gasteiger charge is 2.43. The number of nitrogens with two attached hydrogens (primary N) is 1. The summed E-state index contributed by atoms with van der Waals surface area (Å²) in [5.74, 6) is 0. The van der Waals surface area contributed by atoms with E-state index >= 15 is 0 Å². The van der Waals surface area contributed by atoms with Crippen LogP contribution < -0.4 is 5.73 Å². The summed E-state index contributed by atoms with van der Waals surface area (Å²) < 4.78 is 38.3. The lowest BCUT2D eigenvalue weighted by Gasteiger charge is -2.35. The SMILES string of the molecule is Cc1ccsc1C(C(C)N)N(CC(F)(F)F)C1CC1. The maximum atomic E-state index is 12.8. The molecule has 1 aliphatic rings. The molecule has 1 aliphatic carbocycles. The first-order valence-corrected chi connectivity index (χ1v) is 7.29. The van der Waals surface area contributed by atoms with Crippen molar-refractivity contribution < 1.29 is 13.2 Å². The van der Waals surface area contributed by atoms with Gasteiger partial charge < -0.3 is 5.73 Å². The summed E-state index contributed by atoms with van der Waals surface area (Å²) in [6.07, 6.45) is -2.51. The second-order valence-corrected chi connectivity index (χ2v) is 6.24. The summed E-state index contributed by atoms with van der Waals surface area (Å²) in [5, 5.41) is 1.92. The molecule has 19 heavy (non-hydrogen) atoms. The second-order valence-electron chi connectivity index (χ2n) is 5.29. The third-order valence-corrected chi connectivity index (χ3v) is 4.49. The molecule has 0 amide bonds. The Bertz CT molecular complexity index is 424. The largest absolute Gasteiger partial charge is 0.401 e. The standard InChI is InChI=1S/C13H19F3N2S/c1-8-5-6-19-12(8)11(9(2)17)18(10-3-4-10)7-13(14,15)16/h5-6,9-11H,3-4,7,17H2,1-2H3. The van der Waals surface area contributed by atoms with Gasteiger partial charge in [-0.05, 0) is 43.7 Å². The molecule has 2 atom stereocenters. The summed E-state index contributed by atoms with van der Waals surface area (Å²) in [6, 6.07) is 1.31. The molecular weight excluding hydrogens is 273 g/mol. The highest BCUT2D eigenvalue weighted by molar-refractivity contribution is 7.10. The van der Waals surface area contributed by atoms with Gasteiger partial charge in [0.05, 0.1) is 12.6 Å². The number of halogens is 3. The minimum Gasteiger partial charge on any atom is -0.326 e. The summed E-state index contributed by atoms with van der Waals surface area (Å²) in [6.45, 7) is 2.84. The average Bonchev–Trinajstić information content (AvgIpc) is 3.01. The Hall–Kier alpha value is -0.590. The fourth-order valence-electron chi connectivity index (χ4n) is 2.45. The summed E-state index contributed by atoms with van der Waals surface area (Å²) in [4.78, 5) is 2.51. The van der Waals surface area contributed by atoms with E-state index in [1.807, 2.05) is 18.4 Å². The molecular formula is C13H19F3N2S. The van der Waals surface area contributed by atoms with E-state index in [9.17, 15) is 13.2 Å². The van der Waals surface area contributed by atoms with Gasteiger partial charge in [-0.1, -0.05) is 0 Å². The van der Waals surface area contributed by atoms with E-state index in [-0.39, 0.29) is 18.1 Å². The van der Waals surface area contributed by atoms with Gasteiger partial charge in [0.1, 0.15) is 0 Å². The molecule has 0 saturated heterocycles. The third kappa shape index (κ3) is 3.70. The van der Waals surface area contributed by atoms with Gasteiger partial charge in [0.25, 0.3) is 0 Å². The van der Waals surface area contributed by atoms with E-state index in [0.717, 1.165) is 23.3 Å². The Morgan fingerprint density at radius 1 is 1.47 bits per heavy atom. The van der Waals surface area contributed by atoms with Gasteiger partial charge in [0.2, 0.25) is 0 Å². The fraction of sp³-hybridized carbons (Fsp3) is 0.692. The van der Waals surface area contributed by atoms with E-state index in [2.05, 4.69) is 0 Å². The molecule has 6 heteroatoms. The van der Waals surface area contributed by atoms with Crippen molar-refractivity contribution in [2.24, 2.45) is 5.73 Å². The molecule has 0 spiro atoms. The summed E-state index contributed by atoms with van der Waals surface area (Å²) in [7, 11) is 0. The highest BCUT2D eigenvalue weighted by atomic mass is 32.1. The maximum absolute atomic E-state index is 12.8. The lowest BCUT2D eigenvalue weighted by molar-refractivity contribution is -0.153. The van der Waals surface area contributed by atoms with E-state index in [1.165, 1.54) is 11.3 Å². The fourth-order valence-corrected chi connectivity index (χ4v) is 3.61. The lowest BCUT2D eigenvalue weighted by Crippen LogP contribution is -2.45. The van der Waals surface area contributed by atoms with Gasteiger partial charge in [-0.2, -0.15) is 13.2 Å². The third-order valence-electron chi connectivity index (χ3n) is 3.40. The van der Waals surface area contributed by atoms with Crippen LogP contribution in [0.2, 0.25) is 0 Å². The van der Waals surface area contributed by atoms with Gasteiger partial charge in [-0.25, -0.2) is 0 Å². The number of hydrogen-bond acceptors (Lipinski definition) is 3. The van der Waals surface area contributed by atoms with Crippen LogP contribution in [-0.4, -0.2) is 29.7 Å². The van der Waals surface area contributed by atoms with Crippen LogP contribution in [0, 0.1) is 6.92 Å².